The van der Waals surface area contributed by atoms with E-state index in [1.54, 1.807) is 30.6 Å². The number of nitrogens with zero attached hydrogens (tertiary/aromatic N) is 4. The molecule has 5 atom stereocenters. The molecule has 15 nitrogen and oxygen atoms in total. The number of aromatic amines is 1. The van der Waals surface area contributed by atoms with Gasteiger partial charge in [0, 0.05) is 57.2 Å². The van der Waals surface area contributed by atoms with E-state index in [1.165, 1.54) is 35.0 Å². The summed E-state index contributed by atoms with van der Waals surface area (Å²) in [7, 11) is -2.14. The minimum Gasteiger partial charge on any atom is -0.508 e. The van der Waals surface area contributed by atoms with Crippen LogP contribution in [-0.4, -0.2) is 108 Å². The number of phenolic OH excluding ortho intramolecular Hbond substituents is 2. The van der Waals surface area contributed by atoms with Gasteiger partial charge in [0.25, 0.3) is 11.8 Å². The second kappa shape index (κ2) is 12.9. The molecule has 0 unspecified atom stereocenters. The molecule has 2 aliphatic rings. The molecule has 5 heterocycles. The lowest BCUT2D eigenvalue weighted by molar-refractivity contribution is -0.249. The average Bonchev–Trinajstić information content (AvgIpc) is 3.75. The lowest BCUT2D eigenvalue weighted by Crippen LogP contribution is -2.56. The van der Waals surface area contributed by atoms with Crippen molar-refractivity contribution in [2.45, 2.75) is 76.2 Å². The SMILES string of the molecule is CC(C)(C)[Si](C)(C)OCc1cnccc1/C=N/N1C(=O)c2c(c3c4ccc(O)cc4n([C@@H]4O[C@H](CO)[C@@H](O)[C@H](O)[C@H]4O)c3c3[nH]c4cc(O)ccc4c23)C1=O. The number of rotatable bonds is 7. The first kappa shape index (κ1) is 36.8. The van der Waals surface area contributed by atoms with Gasteiger partial charge in [-0.25, -0.2) is 0 Å². The molecule has 0 spiro atoms. The van der Waals surface area contributed by atoms with Crippen molar-refractivity contribution < 1.29 is 49.4 Å². The summed E-state index contributed by atoms with van der Waals surface area (Å²) in [5.74, 6) is -1.69. The van der Waals surface area contributed by atoms with E-state index >= 15 is 0 Å². The topological polar surface area (TPSA) is 223 Å². The maximum atomic E-state index is 14.7. The molecule has 8 rings (SSSR count). The number of carbonyl (C=O) groups is 2. The summed E-state index contributed by atoms with van der Waals surface area (Å²) in [6, 6.07) is 10.6. The van der Waals surface area contributed by atoms with E-state index < -0.39 is 57.4 Å². The molecule has 2 aliphatic heterocycles. The summed E-state index contributed by atoms with van der Waals surface area (Å²) in [6.45, 7) is 10.3. The normalized spacial score (nSPS) is 22.3. The molecule has 6 aromatic rings. The van der Waals surface area contributed by atoms with Crippen LogP contribution in [-0.2, 0) is 15.8 Å². The molecule has 0 radical (unpaired) electrons. The van der Waals surface area contributed by atoms with E-state index in [-0.39, 0.29) is 50.7 Å². The Labute approximate surface area is 314 Å². The van der Waals surface area contributed by atoms with Crippen molar-refractivity contribution in [3.8, 4) is 11.5 Å². The number of aromatic nitrogens is 3. The molecule has 0 aliphatic carbocycles. The number of phenols is 2. The highest BCUT2D eigenvalue weighted by molar-refractivity contribution is 6.74. The molecule has 286 valence electrons. The Morgan fingerprint density at radius 1 is 0.945 bits per heavy atom. The second-order valence-electron chi connectivity index (χ2n) is 15.7. The first-order valence-electron chi connectivity index (χ1n) is 17.8. The molecule has 2 amide bonds. The van der Waals surface area contributed by atoms with Crippen LogP contribution in [0.4, 0.5) is 0 Å². The van der Waals surface area contributed by atoms with Crippen LogP contribution >= 0.6 is 0 Å². The predicted molar refractivity (Wildman–Crippen MR) is 205 cm³/mol. The first-order chi connectivity index (χ1) is 26.0. The zero-order chi connectivity index (χ0) is 39.3. The predicted octanol–water partition coefficient (Wildman–Crippen LogP) is 4.36. The van der Waals surface area contributed by atoms with Crippen LogP contribution in [0.25, 0.3) is 43.6 Å². The van der Waals surface area contributed by atoms with Crippen LogP contribution in [0.3, 0.4) is 0 Å². The number of aliphatic hydroxyl groups excluding tert-OH is 4. The van der Waals surface area contributed by atoms with Gasteiger partial charge in [0.1, 0.15) is 35.9 Å². The molecule has 55 heavy (non-hydrogen) atoms. The number of ether oxygens (including phenoxy) is 1. The van der Waals surface area contributed by atoms with Gasteiger partial charge in [-0.1, -0.05) is 20.8 Å². The van der Waals surface area contributed by atoms with Crippen LogP contribution in [0.2, 0.25) is 18.1 Å². The van der Waals surface area contributed by atoms with Crippen LogP contribution in [0.15, 0.2) is 60.0 Å². The minimum atomic E-state index is -2.14. The van der Waals surface area contributed by atoms with Gasteiger partial charge in [-0.05, 0) is 48.5 Å². The lowest BCUT2D eigenvalue weighted by atomic mass is 9.96. The summed E-state index contributed by atoms with van der Waals surface area (Å²) >= 11 is 0. The fourth-order valence-corrected chi connectivity index (χ4v) is 8.30. The molecule has 3 aromatic heterocycles. The number of fused-ring (bicyclic) bond motifs is 10. The third-order valence-electron chi connectivity index (χ3n) is 11.3. The monoisotopic (exact) mass is 767 g/mol. The highest BCUT2D eigenvalue weighted by Crippen LogP contribution is 2.48. The Hall–Kier alpha value is -5.20. The van der Waals surface area contributed by atoms with Crippen molar-refractivity contribution >= 4 is 70.0 Å². The molecular weight excluding hydrogens is 727 g/mol. The largest absolute Gasteiger partial charge is 0.508 e. The van der Waals surface area contributed by atoms with E-state index in [0.29, 0.717) is 32.8 Å². The molecule has 0 saturated carbocycles. The highest BCUT2D eigenvalue weighted by atomic mass is 28.4. The Bertz CT molecular complexity index is 2590. The molecule has 0 bridgehead atoms. The maximum absolute atomic E-state index is 14.7. The molecule has 3 aromatic carbocycles. The van der Waals surface area contributed by atoms with Crippen molar-refractivity contribution in [1.29, 1.82) is 0 Å². The van der Waals surface area contributed by atoms with Crippen molar-refractivity contribution in [3.05, 3.63) is 77.1 Å². The van der Waals surface area contributed by atoms with E-state index in [2.05, 4.69) is 48.9 Å². The number of amides is 2. The van der Waals surface area contributed by atoms with Gasteiger partial charge in [0.05, 0.1) is 52.6 Å². The van der Waals surface area contributed by atoms with Gasteiger partial charge < -0.3 is 49.4 Å². The second-order valence-corrected chi connectivity index (χ2v) is 20.5. The van der Waals surface area contributed by atoms with Gasteiger partial charge in [-0.3, -0.25) is 14.6 Å². The third kappa shape index (κ3) is 5.63. The van der Waals surface area contributed by atoms with Gasteiger partial charge in [-0.15, -0.1) is 0 Å². The maximum Gasteiger partial charge on any atom is 0.283 e. The van der Waals surface area contributed by atoms with Crippen molar-refractivity contribution in [3.63, 3.8) is 0 Å². The average molecular weight is 768 g/mol. The summed E-state index contributed by atoms with van der Waals surface area (Å²) in [4.78, 5) is 36.8. The number of carbonyl (C=O) groups excluding carboxylic acids is 2. The Kier molecular flexibility index (Phi) is 8.65. The molecule has 16 heteroatoms. The Morgan fingerprint density at radius 2 is 1.62 bits per heavy atom. The Morgan fingerprint density at radius 3 is 2.31 bits per heavy atom. The fraction of sp³-hybridized carbons (Fsp3) is 0.333. The third-order valence-corrected chi connectivity index (χ3v) is 15.8. The summed E-state index contributed by atoms with van der Waals surface area (Å²) in [5, 5.41) is 70.7. The number of aliphatic hydroxyl groups is 4. The number of H-pyrrole nitrogens is 1. The fourth-order valence-electron chi connectivity index (χ4n) is 7.35. The summed E-state index contributed by atoms with van der Waals surface area (Å²) < 4.78 is 13.9. The van der Waals surface area contributed by atoms with Crippen LogP contribution < -0.4 is 0 Å². The number of aromatic hydroxyl groups is 2. The smallest absolute Gasteiger partial charge is 0.283 e. The zero-order valence-corrected chi connectivity index (χ0v) is 31.7. The van der Waals surface area contributed by atoms with Gasteiger partial charge in [0.2, 0.25) is 0 Å². The standard InChI is InChI=1S/C39H41N5O10Si/c1-39(2,3)55(4,5)53-17-19-14-40-11-10-18(19)15-41-44-36(51)29-27-22-8-6-20(46)12-24(22)42-31(27)32-28(30(29)37(44)52)23-9-7-21(47)13-25(23)43(32)38-35(50)34(49)33(48)26(16-45)54-38/h6-15,26,33-35,38,42,45-50H,16-17H2,1-5H3/b41-15+/t26-,33-,34+,35-,38-/m1/s1. The number of pyridine rings is 1. The number of hydrogen-bond donors (Lipinski definition) is 7. The van der Waals surface area contributed by atoms with Crippen molar-refractivity contribution in [2.75, 3.05) is 6.61 Å². The van der Waals surface area contributed by atoms with Crippen LogP contribution in [0.5, 0.6) is 11.5 Å². The van der Waals surface area contributed by atoms with E-state index in [0.717, 1.165) is 10.6 Å². The summed E-state index contributed by atoms with van der Waals surface area (Å²) in [6.07, 6.45) is -3.22. The van der Waals surface area contributed by atoms with Crippen molar-refractivity contribution in [2.24, 2.45) is 5.10 Å². The number of benzene rings is 3. The number of imide groups is 1. The van der Waals surface area contributed by atoms with E-state index in [4.69, 9.17) is 9.16 Å². The number of hydrogen-bond acceptors (Lipinski definition) is 12. The van der Waals surface area contributed by atoms with Gasteiger partial charge >= 0.3 is 0 Å². The quantitative estimate of drug-likeness (QED) is 0.0687. The zero-order valence-electron chi connectivity index (χ0n) is 30.7. The van der Waals surface area contributed by atoms with Gasteiger partial charge in [0.15, 0.2) is 14.5 Å². The van der Waals surface area contributed by atoms with Crippen LogP contribution in [0.1, 0.15) is 58.8 Å². The molecule has 1 saturated heterocycles. The molecular formula is C39H41N5O10Si. The Balaban J connectivity index is 1.35. The van der Waals surface area contributed by atoms with Crippen LogP contribution in [0, 0.1) is 0 Å². The van der Waals surface area contributed by atoms with E-state index in [1.807, 2.05) is 0 Å². The molecule has 7 N–H and O–H groups in total. The summed E-state index contributed by atoms with van der Waals surface area (Å²) in [5.41, 5.74) is 2.58. The van der Waals surface area contributed by atoms with E-state index in [9.17, 15) is 40.2 Å². The number of nitrogens with one attached hydrogen (secondary N) is 1. The highest BCUT2D eigenvalue weighted by Gasteiger charge is 2.47. The first-order valence-corrected chi connectivity index (χ1v) is 20.7. The van der Waals surface area contributed by atoms with Crippen molar-refractivity contribution in [1.82, 2.24) is 19.5 Å². The number of hydrazone groups is 1. The lowest BCUT2D eigenvalue weighted by Gasteiger charge is -2.41. The van der Waals surface area contributed by atoms with Gasteiger partial charge in [-0.2, -0.15) is 10.1 Å². The minimum absolute atomic E-state index is 0.00568. The molecule has 1 fully saturated rings.